The van der Waals surface area contributed by atoms with Gasteiger partial charge in [-0.1, -0.05) is 12.1 Å². The van der Waals surface area contributed by atoms with Crippen LogP contribution in [0, 0.1) is 0 Å². The molecule has 0 radical (unpaired) electrons. The molecule has 0 unspecified atom stereocenters. The largest absolute Gasteiger partial charge is 0.323 e. The number of nitrogens with one attached hydrogen (secondary N) is 2. The van der Waals surface area contributed by atoms with Gasteiger partial charge >= 0.3 is 0 Å². The molecule has 7 heteroatoms. The second-order valence-electron chi connectivity index (χ2n) is 4.75. The third kappa shape index (κ3) is 3.66. The van der Waals surface area contributed by atoms with Crippen LogP contribution in [0.4, 0.5) is 5.69 Å². The first-order chi connectivity index (χ1) is 9.04. The SMILES string of the molecule is CN(CCNS(=O)(=O)c1ccccc1NN)C1CC1. The average Bonchev–Trinajstić information content (AvgIpc) is 3.22. The number of nitrogens with zero attached hydrogens (tertiary/aromatic N) is 1. The van der Waals surface area contributed by atoms with E-state index in [2.05, 4.69) is 15.0 Å². The van der Waals surface area contributed by atoms with Gasteiger partial charge in [-0.2, -0.15) is 0 Å². The zero-order valence-electron chi connectivity index (χ0n) is 11.0. The molecule has 1 aromatic rings. The van der Waals surface area contributed by atoms with Gasteiger partial charge in [0.05, 0.1) is 5.69 Å². The van der Waals surface area contributed by atoms with Crippen LogP contribution in [0.2, 0.25) is 0 Å². The Morgan fingerprint density at radius 3 is 2.68 bits per heavy atom. The Hall–Kier alpha value is -1.15. The van der Waals surface area contributed by atoms with Gasteiger partial charge in [0.25, 0.3) is 0 Å². The first kappa shape index (κ1) is 14.3. The molecular formula is C12H20N4O2S. The summed E-state index contributed by atoms with van der Waals surface area (Å²) in [6, 6.07) is 7.19. The van der Waals surface area contributed by atoms with Gasteiger partial charge in [-0.3, -0.25) is 5.84 Å². The lowest BCUT2D eigenvalue weighted by molar-refractivity contribution is 0.329. The van der Waals surface area contributed by atoms with Crippen molar-refractivity contribution in [2.75, 3.05) is 25.6 Å². The van der Waals surface area contributed by atoms with E-state index in [0.717, 1.165) is 0 Å². The van der Waals surface area contributed by atoms with E-state index < -0.39 is 10.0 Å². The molecule has 0 heterocycles. The Kier molecular flexibility index (Phi) is 4.41. The molecule has 1 fully saturated rings. The fourth-order valence-corrected chi connectivity index (χ4v) is 3.14. The molecule has 0 aromatic heterocycles. The van der Waals surface area contributed by atoms with Crippen LogP contribution in [0.3, 0.4) is 0 Å². The smallest absolute Gasteiger partial charge is 0.242 e. The highest BCUT2D eigenvalue weighted by atomic mass is 32.2. The second kappa shape index (κ2) is 5.87. The maximum atomic E-state index is 12.2. The van der Waals surface area contributed by atoms with E-state index >= 15 is 0 Å². The van der Waals surface area contributed by atoms with Crippen molar-refractivity contribution in [2.45, 2.75) is 23.8 Å². The van der Waals surface area contributed by atoms with Gasteiger partial charge in [0.1, 0.15) is 4.90 Å². The lowest BCUT2D eigenvalue weighted by Gasteiger charge is -2.16. The Balaban J connectivity index is 1.97. The fourth-order valence-electron chi connectivity index (χ4n) is 1.95. The zero-order chi connectivity index (χ0) is 13.9. The van der Waals surface area contributed by atoms with Crippen molar-refractivity contribution in [2.24, 2.45) is 5.84 Å². The summed E-state index contributed by atoms with van der Waals surface area (Å²) in [5.74, 6) is 5.32. The Bertz CT molecular complexity index is 528. The monoisotopic (exact) mass is 284 g/mol. The maximum absolute atomic E-state index is 12.2. The average molecular weight is 284 g/mol. The number of likely N-dealkylation sites (N-methyl/N-ethyl adjacent to an activating group) is 1. The van der Waals surface area contributed by atoms with E-state index in [9.17, 15) is 8.42 Å². The topological polar surface area (TPSA) is 87.5 Å². The third-order valence-corrected chi connectivity index (χ3v) is 4.78. The van der Waals surface area contributed by atoms with Crippen molar-refractivity contribution in [1.29, 1.82) is 0 Å². The molecule has 0 aliphatic heterocycles. The second-order valence-corrected chi connectivity index (χ2v) is 6.49. The van der Waals surface area contributed by atoms with E-state index in [0.29, 0.717) is 24.8 Å². The molecule has 0 atom stereocenters. The molecule has 1 aliphatic carbocycles. The lowest BCUT2D eigenvalue weighted by atomic mass is 10.3. The summed E-state index contributed by atoms with van der Waals surface area (Å²) in [6.45, 7) is 1.11. The molecule has 2 rings (SSSR count). The van der Waals surface area contributed by atoms with E-state index in [-0.39, 0.29) is 4.90 Å². The summed E-state index contributed by atoms with van der Waals surface area (Å²) >= 11 is 0. The molecule has 1 aromatic carbocycles. The van der Waals surface area contributed by atoms with E-state index in [4.69, 9.17) is 5.84 Å². The maximum Gasteiger partial charge on any atom is 0.242 e. The standard InChI is InChI=1S/C12H20N4O2S/c1-16(10-6-7-10)9-8-14-19(17,18)12-5-3-2-4-11(12)15-13/h2-5,10,14-15H,6-9,13H2,1H3. The fraction of sp³-hybridized carbons (Fsp3) is 0.500. The van der Waals surface area contributed by atoms with Crippen LogP contribution in [0.5, 0.6) is 0 Å². The highest BCUT2D eigenvalue weighted by molar-refractivity contribution is 7.89. The van der Waals surface area contributed by atoms with Crippen molar-refractivity contribution >= 4 is 15.7 Å². The number of hydrogen-bond acceptors (Lipinski definition) is 5. The number of sulfonamides is 1. The molecule has 0 amide bonds. The van der Waals surface area contributed by atoms with Crippen molar-refractivity contribution in [1.82, 2.24) is 9.62 Å². The summed E-state index contributed by atoms with van der Waals surface area (Å²) in [4.78, 5) is 2.35. The summed E-state index contributed by atoms with van der Waals surface area (Å²) < 4.78 is 26.9. The van der Waals surface area contributed by atoms with Crippen LogP contribution in [0.1, 0.15) is 12.8 Å². The highest BCUT2D eigenvalue weighted by Crippen LogP contribution is 2.24. The number of rotatable bonds is 7. The number of para-hydroxylation sites is 1. The van der Waals surface area contributed by atoms with E-state index in [1.807, 2.05) is 7.05 Å². The molecular weight excluding hydrogens is 264 g/mol. The molecule has 1 saturated carbocycles. The van der Waals surface area contributed by atoms with Crippen molar-refractivity contribution in [3.8, 4) is 0 Å². The number of benzene rings is 1. The number of hydrazine groups is 1. The van der Waals surface area contributed by atoms with Gasteiger partial charge in [-0.05, 0) is 32.0 Å². The predicted molar refractivity (Wildman–Crippen MR) is 75.1 cm³/mol. The van der Waals surface area contributed by atoms with E-state index in [1.165, 1.54) is 18.9 Å². The van der Waals surface area contributed by atoms with Crippen molar-refractivity contribution in [3.63, 3.8) is 0 Å². The van der Waals surface area contributed by atoms with Gasteiger partial charge in [0, 0.05) is 19.1 Å². The summed E-state index contributed by atoms with van der Waals surface area (Å²) in [5, 5.41) is 0. The Morgan fingerprint density at radius 2 is 2.05 bits per heavy atom. The summed E-state index contributed by atoms with van der Waals surface area (Å²) in [7, 11) is -1.51. The zero-order valence-corrected chi connectivity index (χ0v) is 11.8. The molecule has 0 spiro atoms. The van der Waals surface area contributed by atoms with Crippen LogP contribution in [0.25, 0.3) is 0 Å². The highest BCUT2D eigenvalue weighted by Gasteiger charge is 2.26. The number of nitrogens with two attached hydrogens (primary N) is 1. The van der Waals surface area contributed by atoms with Gasteiger partial charge in [0.2, 0.25) is 10.0 Å². The van der Waals surface area contributed by atoms with Crippen LogP contribution in [-0.4, -0.2) is 39.5 Å². The van der Waals surface area contributed by atoms with Gasteiger partial charge in [0.15, 0.2) is 0 Å². The Morgan fingerprint density at radius 1 is 1.37 bits per heavy atom. The number of nitrogen functional groups attached to an aromatic ring is 1. The van der Waals surface area contributed by atoms with Crippen LogP contribution >= 0.6 is 0 Å². The van der Waals surface area contributed by atoms with Crippen LogP contribution in [-0.2, 0) is 10.0 Å². The quantitative estimate of drug-likeness (QED) is 0.496. The van der Waals surface area contributed by atoms with Gasteiger partial charge in [-0.15, -0.1) is 0 Å². The molecule has 4 N–H and O–H groups in total. The number of anilines is 1. The van der Waals surface area contributed by atoms with Gasteiger partial charge in [-0.25, -0.2) is 13.1 Å². The molecule has 1 aliphatic rings. The summed E-state index contributed by atoms with van der Waals surface area (Å²) in [6.07, 6.45) is 2.42. The molecule has 0 bridgehead atoms. The minimum Gasteiger partial charge on any atom is -0.323 e. The normalized spacial score (nSPS) is 15.7. The molecule has 6 nitrogen and oxygen atoms in total. The van der Waals surface area contributed by atoms with Crippen LogP contribution < -0.4 is 16.0 Å². The minimum atomic E-state index is -3.52. The summed E-state index contributed by atoms with van der Waals surface area (Å²) in [5.41, 5.74) is 2.79. The predicted octanol–water partition coefficient (Wildman–Crippen LogP) is 0.345. The molecule has 0 saturated heterocycles. The minimum absolute atomic E-state index is 0.173. The van der Waals surface area contributed by atoms with Crippen molar-refractivity contribution in [3.05, 3.63) is 24.3 Å². The lowest BCUT2D eigenvalue weighted by Crippen LogP contribution is -2.34. The van der Waals surface area contributed by atoms with Crippen molar-refractivity contribution < 1.29 is 8.42 Å². The molecule has 106 valence electrons. The Labute approximate surface area is 114 Å². The first-order valence-electron chi connectivity index (χ1n) is 6.30. The number of hydrogen-bond donors (Lipinski definition) is 3. The van der Waals surface area contributed by atoms with E-state index in [1.54, 1.807) is 18.2 Å². The third-order valence-electron chi connectivity index (χ3n) is 3.26. The van der Waals surface area contributed by atoms with Crippen LogP contribution in [0.15, 0.2) is 29.2 Å². The van der Waals surface area contributed by atoms with Gasteiger partial charge < -0.3 is 10.3 Å². The molecule has 19 heavy (non-hydrogen) atoms. The first-order valence-corrected chi connectivity index (χ1v) is 7.78.